The van der Waals surface area contributed by atoms with E-state index < -0.39 is 6.10 Å². The lowest BCUT2D eigenvalue weighted by molar-refractivity contribution is -0.139. The van der Waals surface area contributed by atoms with Gasteiger partial charge < -0.3 is 15.3 Å². The molecule has 1 aromatic carbocycles. The van der Waals surface area contributed by atoms with Crippen molar-refractivity contribution in [1.29, 1.82) is 0 Å². The molecule has 1 aromatic rings. The highest BCUT2D eigenvalue weighted by molar-refractivity contribution is 5.82. The number of hydrogen-bond acceptors (Lipinski definition) is 3. The van der Waals surface area contributed by atoms with Crippen molar-refractivity contribution in [3.05, 3.63) is 35.9 Å². The van der Waals surface area contributed by atoms with Crippen molar-refractivity contribution in [2.45, 2.75) is 6.10 Å². The fraction of sp³-hybridized carbons (Fsp3) is 0.500. The Morgan fingerprint density at radius 2 is 1.83 bits per heavy atom. The standard InChI is InChI=1S/C14H18N2O2/c17-13(10-4-2-1-3-5-10)14(18)16-8-11-6-15-7-12(11)9-16/h1-5,11-13,15,17H,6-9H2/t11-,12+,13?. The highest BCUT2D eigenvalue weighted by atomic mass is 16.3. The number of carbonyl (C=O) groups excluding carboxylic acids is 1. The summed E-state index contributed by atoms with van der Waals surface area (Å²) >= 11 is 0. The average molecular weight is 246 g/mol. The summed E-state index contributed by atoms with van der Waals surface area (Å²) in [4.78, 5) is 14.0. The maximum absolute atomic E-state index is 12.2. The van der Waals surface area contributed by atoms with Crippen LogP contribution in [0.15, 0.2) is 30.3 Å². The van der Waals surface area contributed by atoms with Gasteiger partial charge in [0.05, 0.1) is 0 Å². The number of nitrogens with zero attached hydrogens (tertiary/aromatic N) is 1. The molecule has 2 saturated heterocycles. The van der Waals surface area contributed by atoms with E-state index in [0.717, 1.165) is 26.2 Å². The normalized spacial score (nSPS) is 28.2. The highest BCUT2D eigenvalue weighted by Crippen LogP contribution is 2.28. The Hall–Kier alpha value is -1.39. The van der Waals surface area contributed by atoms with Crippen molar-refractivity contribution in [2.24, 2.45) is 11.8 Å². The lowest BCUT2D eigenvalue weighted by Gasteiger charge is -2.21. The van der Waals surface area contributed by atoms with Crippen LogP contribution in [-0.4, -0.2) is 42.1 Å². The van der Waals surface area contributed by atoms with E-state index in [1.54, 1.807) is 12.1 Å². The van der Waals surface area contributed by atoms with Gasteiger partial charge >= 0.3 is 0 Å². The lowest BCUT2D eigenvalue weighted by Crippen LogP contribution is -2.35. The van der Waals surface area contributed by atoms with Crippen molar-refractivity contribution in [3.63, 3.8) is 0 Å². The van der Waals surface area contributed by atoms with Gasteiger partial charge in [0.15, 0.2) is 6.10 Å². The van der Waals surface area contributed by atoms with Gasteiger partial charge in [0, 0.05) is 26.2 Å². The number of hydrogen-bond donors (Lipinski definition) is 2. The number of likely N-dealkylation sites (tertiary alicyclic amines) is 1. The second-order valence-corrected chi connectivity index (χ2v) is 5.23. The molecule has 1 amide bonds. The minimum atomic E-state index is -1.02. The smallest absolute Gasteiger partial charge is 0.256 e. The van der Waals surface area contributed by atoms with Crippen LogP contribution < -0.4 is 5.32 Å². The van der Waals surface area contributed by atoms with Crippen LogP contribution in [0, 0.1) is 11.8 Å². The molecule has 2 aliphatic heterocycles. The highest BCUT2D eigenvalue weighted by Gasteiger charge is 2.39. The molecule has 4 heteroatoms. The summed E-state index contributed by atoms with van der Waals surface area (Å²) in [5.41, 5.74) is 0.678. The lowest BCUT2D eigenvalue weighted by atomic mass is 10.0. The summed E-state index contributed by atoms with van der Waals surface area (Å²) in [7, 11) is 0. The number of carbonyl (C=O) groups is 1. The van der Waals surface area contributed by atoms with Gasteiger partial charge in [-0.15, -0.1) is 0 Å². The van der Waals surface area contributed by atoms with Crippen LogP contribution in [0.4, 0.5) is 0 Å². The van der Waals surface area contributed by atoms with Gasteiger partial charge in [-0.25, -0.2) is 0 Å². The Kier molecular flexibility index (Phi) is 3.06. The van der Waals surface area contributed by atoms with E-state index in [2.05, 4.69) is 5.32 Å². The number of fused-ring (bicyclic) bond motifs is 1. The number of nitrogens with one attached hydrogen (secondary N) is 1. The zero-order valence-electron chi connectivity index (χ0n) is 10.2. The van der Waals surface area contributed by atoms with E-state index in [4.69, 9.17) is 0 Å². The molecule has 0 aromatic heterocycles. The van der Waals surface area contributed by atoms with Crippen LogP contribution in [-0.2, 0) is 4.79 Å². The van der Waals surface area contributed by atoms with Gasteiger partial charge in [-0.05, 0) is 17.4 Å². The summed E-state index contributed by atoms with van der Waals surface area (Å²) in [6.07, 6.45) is -1.02. The van der Waals surface area contributed by atoms with Crippen LogP contribution in [0.3, 0.4) is 0 Å². The Bertz CT molecular complexity index is 423. The second kappa shape index (κ2) is 4.71. The van der Waals surface area contributed by atoms with Crippen molar-refractivity contribution in [1.82, 2.24) is 10.2 Å². The van der Waals surface area contributed by atoms with Crippen LogP contribution >= 0.6 is 0 Å². The third-order valence-electron chi connectivity index (χ3n) is 4.05. The molecule has 1 unspecified atom stereocenters. The number of benzene rings is 1. The first-order valence-corrected chi connectivity index (χ1v) is 6.48. The minimum Gasteiger partial charge on any atom is -0.378 e. The summed E-state index contributed by atoms with van der Waals surface area (Å²) in [6.45, 7) is 3.55. The Balaban J connectivity index is 1.68. The molecule has 96 valence electrons. The van der Waals surface area contributed by atoms with Gasteiger partial charge in [-0.3, -0.25) is 4.79 Å². The molecule has 0 aliphatic carbocycles. The minimum absolute atomic E-state index is 0.157. The first-order chi connectivity index (χ1) is 8.75. The second-order valence-electron chi connectivity index (χ2n) is 5.23. The van der Waals surface area contributed by atoms with Crippen LogP contribution in [0.5, 0.6) is 0 Å². The fourth-order valence-corrected chi connectivity index (χ4v) is 2.99. The molecule has 3 rings (SSSR count). The Morgan fingerprint density at radius 3 is 2.44 bits per heavy atom. The average Bonchev–Trinajstić information content (AvgIpc) is 2.99. The summed E-state index contributed by atoms with van der Waals surface area (Å²) in [6, 6.07) is 9.15. The third-order valence-corrected chi connectivity index (χ3v) is 4.05. The summed E-state index contributed by atoms with van der Waals surface area (Å²) < 4.78 is 0. The molecule has 2 heterocycles. The number of aliphatic hydroxyl groups excluding tert-OH is 1. The SMILES string of the molecule is O=C(C(O)c1ccccc1)N1C[C@H]2CNC[C@H]2C1. The molecular formula is C14H18N2O2. The summed E-state index contributed by atoms with van der Waals surface area (Å²) in [5.74, 6) is 0.976. The topological polar surface area (TPSA) is 52.6 Å². The van der Waals surface area contributed by atoms with E-state index >= 15 is 0 Å². The first-order valence-electron chi connectivity index (χ1n) is 6.48. The van der Waals surface area contributed by atoms with Gasteiger partial charge in [0.25, 0.3) is 5.91 Å². The first kappa shape index (κ1) is 11.7. The molecule has 2 aliphatic rings. The molecule has 18 heavy (non-hydrogen) atoms. The Labute approximate surface area is 107 Å². The maximum atomic E-state index is 12.2. The predicted octanol–water partition coefficient (Wildman–Crippen LogP) is 0.398. The maximum Gasteiger partial charge on any atom is 0.256 e. The van der Waals surface area contributed by atoms with E-state index in [1.807, 2.05) is 23.1 Å². The van der Waals surface area contributed by atoms with Crippen molar-refractivity contribution in [3.8, 4) is 0 Å². The van der Waals surface area contributed by atoms with E-state index in [1.165, 1.54) is 0 Å². The molecule has 0 bridgehead atoms. The van der Waals surface area contributed by atoms with E-state index in [0.29, 0.717) is 17.4 Å². The number of amides is 1. The molecular weight excluding hydrogens is 228 g/mol. The molecule has 2 fully saturated rings. The van der Waals surface area contributed by atoms with E-state index in [-0.39, 0.29) is 5.91 Å². The van der Waals surface area contributed by atoms with Crippen LogP contribution in [0.25, 0.3) is 0 Å². The van der Waals surface area contributed by atoms with E-state index in [9.17, 15) is 9.90 Å². The molecule has 3 atom stereocenters. The van der Waals surface area contributed by atoms with Crippen molar-refractivity contribution >= 4 is 5.91 Å². The van der Waals surface area contributed by atoms with Crippen LogP contribution in [0.1, 0.15) is 11.7 Å². The molecule has 4 nitrogen and oxygen atoms in total. The Morgan fingerprint density at radius 1 is 1.22 bits per heavy atom. The molecule has 2 N–H and O–H groups in total. The number of aliphatic hydroxyl groups is 1. The quantitative estimate of drug-likeness (QED) is 0.794. The van der Waals surface area contributed by atoms with Gasteiger partial charge in [0.1, 0.15) is 0 Å². The third kappa shape index (κ3) is 2.02. The van der Waals surface area contributed by atoms with Gasteiger partial charge in [-0.1, -0.05) is 30.3 Å². The van der Waals surface area contributed by atoms with Crippen LogP contribution in [0.2, 0.25) is 0 Å². The fourth-order valence-electron chi connectivity index (χ4n) is 2.99. The van der Waals surface area contributed by atoms with Gasteiger partial charge in [-0.2, -0.15) is 0 Å². The van der Waals surface area contributed by atoms with Crippen molar-refractivity contribution in [2.75, 3.05) is 26.2 Å². The number of rotatable bonds is 2. The van der Waals surface area contributed by atoms with Gasteiger partial charge in [0.2, 0.25) is 0 Å². The predicted molar refractivity (Wildman–Crippen MR) is 67.8 cm³/mol. The monoisotopic (exact) mass is 246 g/mol. The molecule has 0 radical (unpaired) electrons. The summed E-state index contributed by atoms with van der Waals surface area (Å²) in [5, 5.41) is 13.5. The molecule has 0 saturated carbocycles. The zero-order chi connectivity index (χ0) is 12.5. The zero-order valence-corrected chi connectivity index (χ0v) is 10.2. The van der Waals surface area contributed by atoms with Crippen molar-refractivity contribution < 1.29 is 9.90 Å². The molecule has 0 spiro atoms. The largest absolute Gasteiger partial charge is 0.378 e.